The molecule has 176 valence electrons. The molecule has 7 rings (SSSR count). The van der Waals surface area contributed by atoms with Crippen LogP contribution in [0.5, 0.6) is 5.75 Å². The van der Waals surface area contributed by atoms with Gasteiger partial charge in [0, 0.05) is 26.1 Å². The molecule has 0 radical (unpaired) electrons. The van der Waals surface area contributed by atoms with Gasteiger partial charge in [-0.3, -0.25) is 4.90 Å². The number of fused-ring (bicyclic) bond motifs is 3. The van der Waals surface area contributed by atoms with Crippen LogP contribution in [0.3, 0.4) is 0 Å². The van der Waals surface area contributed by atoms with Gasteiger partial charge in [0.2, 0.25) is 0 Å². The number of rotatable bonds is 6. The summed E-state index contributed by atoms with van der Waals surface area (Å²) in [5, 5.41) is 1.04. The van der Waals surface area contributed by atoms with Crippen LogP contribution in [0.4, 0.5) is 0 Å². The van der Waals surface area contributed by atoms with E-state index in [9.17, 15) is 0 Å². The highest BCUT2D eigenvalue weighted by atomic mass is 32.1. The largest absolute Gasteiger partial charge is 0.492 e. The number of aryl methyl sites for hydroxylation is 2. The highest BCUT2D eigenvalue weighted by Gasteiger charge is 2.55. The molecule has 1 aliphatic carbocycles. The Hall–Kier alpha value is -3.22. The maximum absolute atomic E-state index is 6.52. The number of thiazole rings is 1. The number of nitrogens with zero attached hydrogens (tertiary/aromatic N) is 4. The van der Waals surface area contributed by atoms with E-state index in [0.29, 0.717) is 5.92 Å². The smallest absolute Gasteiger partial charge is 0.132 e. The second kappa shape index (κ2) is 8.18. The first kappa shape index (κ1) is 21.1. The summed E-state index contributed by atoms with van der Waals surface area (Å²) in [7, 11) is 2.13. The number of para-hydroxylation sites is 4. The fourth-order valence-electron chi connectivity index (χ4n) is 5.83. The van der Waals surface area contributed by atoms with Crippen LogP contribution < -0.4 is 4.74 Å². The second-order valence-electron chi connectivity index (χ2n) is 10.0. The number of likely N-dealkylation sites (tertiary alicyclic amines) is 1. The van der Waals surface area contributed by atoms with Gasteiger partial charge in [-0.05, 0) is 54.7 Å². The topological polar surface area (TPSA) is 43.2 Å². The van der Waals surface area contributed by atoms with E-state index in [2.05, 4.69) is 84.1 Å². The highest BCUT2D eigenvalue weighted by Crippen LogP contribution is 2.52. The first-order valence-corrected chi connectivity index (χ1v) is 13.2. The Labute approximate surface area is 209 Å². The van der Waals surface area contributed by atoms with Crippen LogP contribution in [0, 0.1) is 24.7 Å². The zero-order valence-electron chi connectivity index (χ0n) is 20.0. The molecular weight excluding hydrogens is 452 g/mol. The van der Waals surface area contributed by atoms with Crippen LogP contribution in [0.25, 0.3) is 31.8 Å². The van der Waals surface area contributed by atoms with Crippen LogP contribution in [-0.4, -0.2) is 39.1 Å². The minimum absolute atomic E-state index is 0.648. The summed E-state index contributed by atoms with van der Waals surface area (Å²) < 4.78 is 9.98. The van der Waals surface area contributed by atoms with Crippen molar-refractivity contribution in [2.24, 2.45) is 24.8 Å². The zero-order chi connectivity index (χ0) is 23.5. The van der Waals surface area contributed by atoms with E-state index in [4.69, 9.17) is 14.7 Å². The van der Waals surface area contributed by atoms with E-state index in [1.54, 1.807) is 11.3 Å². The summed E-state index contributed by atoms with van der Waals surface area (Å²) >= 11 is 1.74. The molecule has 2 atom stereocenters. The fourth-order valence-corrected chi connectivity index (χ4v) is 6.82. The highest BCUT2D eigenvalue weighted by molar-refractivity contribution is 7.21. The van der Waals surface area contributed by atoms with Crippen LogP contribution in [0.15, 0.2) is 66.7 Å². The van der Waals surface area contributed by atoms with Crippen LogP contribution in [-0.2, 0) is 13.6 Å². The molecule has 2 unspecified atom stereocenters. The lowest BCUT2D eigenvalue weighted by atomic mass is 10.1. The third-order valence-electron chi connectivity index (χ3n) is 7.85. The van der Waals surface area contributed by atoms with Crippen LogP contribution in [0.1, 0.15) is 11.4 Å². The van der Waals surface area contributed by atoms with Gasteiger partial charge in [-0.25, -0.2) is 9.97 Å². The van der Waals surface area contributed by atoms with Crippen LogP contribution in [0.2, 0.25) is 0 Å². The first-order chi connectivity index (χ1) is 17.2. The van der Waals surface area contributed by atoms with Gasteiger partial charge >= 0.3 is 0 Å². The van der Waals surface area contributed by atoms with E-state index in [1.165, 1.54) is 15.8 Å². The number of benzene rings is 3. The normalized spacial score (nSPS) is 21.6. The molecule has 1 saturated heterocycles. The Balaban J connectivity index is 1.02. The quantitative estimate of drug-likeness (QED) is 0.303. The lowest BCUT2D eigenvalue weighted by Gasteiger charge is -2.20. The van der Waals surface area contributed by atoms with Gasteiger partial charge in [-0.2, -0.15) is 0 Å². The average Bonchev–Trinajstić information content (AvgIpc) is 3.23. The van der Waals surface area contributed by atoms with Crippen molar-refractivity contribution < 1.29 is 4.74 Å². The van der Waals surface area contributed by atoms with E-state index < -0.39 is 0 Å². The molecule has 1 saturated carbocycles. The van der Waals surface area contributed by atoms with E-state index in [-0.39, 0.29) is 0 Å². The molecule has 6 heteroatoms. The summed E-state index contributed by atoms with van der Waals surface area (Å²) in [5.41, 5.74) is 5.64. The summed E-state index contributed by atoms with van der Waals surface area (Å²) in [4.78, 5) is 12.3. The van der Waals surface area contributed by atoms with Crippen molar-refractivity contribution in [3.8, 4) is 16.3 Å². The van der Waals surface area contributed by atoms with Crippen molar-refractivity contribution >= 4 is 32.6 Å². The van der Waals surface area contributed by atoms with Crippen molar-refractivity contribution in [2.45, 2.75) is 13.5 Å². The molecular formula is C29H28N4OS. The van der Waals surface area contributed by atoms with Crippen LogP contribution >= 0.6 is 11.3 Å². The van der Waals surface area contributed by atoms with Crippen molar-refractivity contribution in [2.75, 3.05) is 19.7 Å². The van der Waals surface area contributed by atoms with Gasteiger partial charge in [-0.1, -0.05) is 36.4 Å². The summed E-state index contributed by atoms with van der Waals surface area (Å²) in [6, 6.07) is 23.1. The van der Waals surface area contributed by atoms with Gasteiger partial charge in [0.05, 0.1) is 40.0 Å². The molecule has 3 aromatic carbocycles. The predicted octanol–water partition coefficient (Wildman–Crippen LogP) is 5.92. The molecule has 0 amide bonds. The molecule has 1 aliphatic heterocycles. The molecule has 2 fully saturated rings. The van der Waals surface area contributed by atoms with Gasteiger partial charge in [0.25, 0.3) is 0 Å². The molecule has 2 aliphatic rings. The van der Waals surface area contributed by atoms with Gasteiger partial charge in [0.1, 0.15) is 16.6 Å². The Morgan fingerprint density at radius 2 is 1.69 bits per heavy atom. The number of aromatic nitrogens is 3. The zero-order valence-corrected chi connectivity index (χ0v) is 20.8. The van der Waals surface area contributed by atoms with E-state index in [1.807, 2.05) is 6.07 Å². The molecule has 2 aromatic heterocycles. The van der Waals surface area contributed by atoms with Gasteiger partial charge < -0.3 is 9.30 Å². The van der Waals surface area contributed by atoms with Crippen molar-refractivity contribution in [3.05, 3.63) is 78.1 Å². The minimum Gasteiger partial charge on any atom is -0.492 e. The Kier molecular flexibility index (Phi) is 4.93. The summed E-state index contributed by atoms with van der Waals surface area (Å²) in [6.45, 7) is 6.13. The summed E-state index contributed by atoms with van der Waals surface area (Å²) in [5.74, 6) is 4.27. The van der Waals surface area contributed by atoms with Gasteiger partial charge in [-0.15, -0.1) is 11.3 Å². The molecule has 0 N–H and O–H groups in total. The number of imidazole rings is 1. The number of piperidine rings is 1. The lowest BCUT2D eigenvalue weighted by molar-refractivity contribution is 0.226. The maximum Gasteiger partial charge on any atom is 0.132 e. The van der Waals surface area contributed by atoms with Crippen molar-refractivity contribution in [3.63, 3.8) is 0 Å². The molecule has 5 aromatic rings. The lowest BCUT2D eigenvalue weighted by Crippen LogP contribution is -2.26. The number of hydrogen-bond donors (Lipinski definition) is 0. The Morgan fingerprint density at radius 1 is 0.914 bits per heavy atom. The maximum atomic E-state index is 6.52. The standard InChI is InChI=1S/C29H28N4OS/c1-18-8-7-9-19(29-31-24-11-4-6-13-26(24)35-29)28(18)34-17-22-20-14-33(15-21(20)22)16-27-30-23-10-3-5-12-25(23)32(27)2/h3-13,20-22H,14-17H2,1-2H3. The Morgan fingerprint density at radius 3 is 2.49 bits per heavy atom. The molecule has 0 bridgehead atoms. The summed E-state index contributed by atoms with van der Waals surface area (Å²) in [6.07, 6.45) is 0. The van der Waals surface area contributed by atoms with Crippen molar-refractivity contribution in [1.82, 2.24) is 19.4 Å². The van der Waals surface area contributed by atoms with E-state index in [0.717, 1.165) is 71.3 Å². The molecule has 3 heterocycles. The number of ether oxygens (including phenoxy) is 1. The predicted molar refractivity (Wildman–Crippen MR) is 142 cm³/mol. The third kappa shape index (κ3) is 3.63. The monoisotopic (exact) mass is 480 g/mol. The SMILES string of the molecule is Cc1cccc(-c2nc3ccccc3s2)c1OCC1C2CN(Cc3nc4ccccc4n3C)CC12. The Bertz CT molecular complexity index is 1510. The fraction of sp³-hybridized carbons (Fsp3) is 0.310. The molecule has 0 spiro atoms. The molecule has 35 heavy (non-hydrogen) atoms. The first-order valence-electron chi connectivity index (χ1n) is 12.4. The van der Waals surface area contributed by atoms with Crippen molar-refractivity contribution in [1.29, 1.82) is 0 Å². The molecule has 5 nitrogen and oxygen atoms in total. The van der Waals surface area contributed by atoms with E-state index >= 15 is 0 Å². The number of hydrogen-bond acceptors (Lipinski definition) is 5. The van der Waals surface area contributed by atoms with Gasteiger partial charge in [0.15, 0.2) is 0 Å². The second-order valence-corrected chi connectivity index (χ2v) is 11.0. The minimum atomic E-state index is 0.648. The third-order valence-corrected chi connectivity index (χ3v) is 8.92. The average molecular weight is 481 g/mol.